The number of amides is 2. The number of nitrogens with zero attached hydrogens (tertiary/aromatic N) is 2. The van der Waals surface area contributed by atoms with Crippen molar-refractivity contribution in [1.82, 2.24) is 10.2 Å². The Morgan fingerprint density at radius 2 is 2.23 bits per heavy atom. The number of ether oxygens (including phenoxy) is 1. The van der Waals surface area contributed by atoms with Gasteiger partial charge in [-0.15, -0.1) is 0 Å². The number of fused-ring (bicyclic) bond motifs is 1. The summed E-state index contributed by atoms with van der Waals surface area (Å²) >= 11 is 0. The van der Waals surface area contributed by atoms with Crippen LogP contribution in [-0.4, -0.2) is 47.7 Å². The maximum absolute atomic E-state index is 12.5. The van der Waals surface area contributed by atoms with Gasteiger partial charge in [-0.1, -0.05) is 6.08 Å². The molecule has 1 atom stereocenters. The van der Waals surface area contributed by atoms with Gasteiger partial charge >= 0.3 is 5.97 Å². The third kappa shape index (κ3) is 3.24. The Morgan fingerprint density at radius 1 is 1.45 bits per heavy atom. The van der Waals surface area contributed by atoms with Crippen molar-refractivity contribution < 1.29 is 19.1 Å². The molecular formula is C15H19N3O4. The second-order valence-electron chi connectivity index (χ2n) is 5.32. The van der Waals surface area contributed by atoms with Gasteiger partial charge in [0.05, 0.1) is 13.5 Å². The molecule has 1 unspecified atom stereocenters. The monoisotopic (exact) mass is 305 g/mol. The first-order chi connectivity index (χ1) is 10.5. The van der Waals surface area contributed by atoms with Crippen molar-refractivity contribution in [3.63, 3.8) is 0 Å². The summed E-state index contributed by atoms with van der Waals surface area (Å²) in [5.41, 5.74) is -1.01. The van der Waals surface area contributed by atoms with Crippen molar-refractivity contribution in [3.8, 4) is 0 Å². The van der Waals surface area contributed by atoms with Crippen molar-refractivity contribution >= 4 is 23.6 Å². The number of methoxy groups -OCH3 is 1. The van der Waals surface area contributed by atoms with Gasteiger partial charge in [0.25, 0.3) is 5.91 Å². The molecule has 2 amide bonds. The molecule has 2 rings (SSSR count). The lowest BCUT2D eigenvalue weighted by atomic mass is 9.91. The van der Waals surface area contributed by atoms with E-state index in [1.807, 2.05) is 0 Å². The van der Waals surface area contributed by atoms with Crippen LogP contribution in [0.15, 0.2) is 29.4 Å². The number of aliphatic imine (C=N–C) groups is 1. The molecule has 0 fully saturated rings. The van der Waals surface area contributed by atoms with Gasteiger partial charge < -0.3 is 15.0 Å². The Bertz CT molecular complexity index is 579. The molecule has 2 aliphatic heterocycles. The van der Waals surface area contributed by atoms with Gasteiger partial charge in [0.1, 0.15) is 11.4 Å². The van der Waals surface area contributed by atoms with Crippen LogP contribution in [0.5, 0.6) is 0 Å². The van der Waals surface area contributed by atoms with Crippen LogP contribution in [0.1, 0.15) is 26.2 Å². The Morgan fingerprint density at radius 3 is 2.95 bits per heavy atom. The highest BCUT2D eigenvalue weighted by Gasteiger charge is 2.44. The van der Waals surface area contributed by atoms with E-state index in [1.54, 1.807) is 36.3 Å². The number of amidine groups is 1. The van der Waals surface area contributed by atoms with Gasteiger partial charge in [-0.05, 0) is 25.5 Å². The van der Waals surface area contributed by atoms with E-state index in [0.717, 1.165) is 0 Å². The first-order valence-corrected chi connectivity index (χ1v) is 7.08. The summed E-state index contributed by atoms with van der Waals surface area (Å²) in [6.45, 7) is 2.05. The van der Waals surface area contributed by atoms with Gasteiger partial charge in [0.15, 0.2) is 0 Å². The summed E-state index contributed by atoms with van der Waals surface area (Å²) in [6, 6.07) is 0. The lowest BCUT2D eigenvalue weighted by Gasteiger charge is -2.41. The number of rotatable bonds is 5. The summed E-state index contributed by atoms with van der Waals surface area (Å²) in [5, 5.41) is 2.77. The van der Waals surface area contributed by atoms with E-state index in [-0.39, 0.29) is 30.6 Å². The molecular weight excluding hydrogens is 286 g/mol. The standard InChI is InChI=1S/C15H19N3O4/c1-15(14(21)16-8-5-7-13(20)22-2)10-12(19)17-11-6-3-4-9-18(11)15/h3-4,6,9H,5,7-8,10H2,1-2H3,(H,16,21). The Kier molecular flexibility index (Phi) is 4.75. The van der Waals surface area contributed by atoms with E-state index in [2.05, 4.69) is 15.0 Å². The lowest BCUT2D eigenvalue weighted by molar-refractivity contribution is -0.141. The van der Waals surface area contributed by atoms with E-state index in [4.69, 9.17) is 0 Å². The minimum atomic E-state index is -1.01. The quantitative estimate of drug-likeness (QED) is 0.591. The van der Waals surface area contributed by atoms with Crippen LogP contribution >= 0.6 is 0 Å². The number of hydrogen-bond acceptors (Lipinski definition) is 5. The van der Waals surface area contributed by atoms with Crippen LogP contribution in [0.2, 0.25) is 0 Å². The van der Waals surface area contributed by atoms with Crippen LogP contribution in [0, 0.1) is 0 Å². The number of esters is 1. The number of carbonyl (C=O) groups is 3. The topological polar surface area (TPSA) is 88.1 Å². The van der Waals surface area contributed by atoms with E-state index in [1.165, 1.54) is 7.11 Å². The minimum Gasteiger partial charge on any atom is -0.469 e. The Balaban J connectivity index is 2.00. The molecule has 7 heteroatoms. The molecule has 0 radical (unpaired) electrons. The predicted octanol–water partition coefficient (Wildman–Crippen LogP) is 0.529. The fourth-order valence-corrected chi connectivity index (χ4v) is 2.41. The molecule has 22 heavy (non-hydrogen) atoms. The van der Waals surface area contributed by atoms with Gasteiger partial charge in [0.2, 0.25) is 5.91 Å². The lowest BCUT2D eigenvalue weighted by Crippen LogP contribution is -2.60. The van der Waals surface area contributed by atoms with E-state index < -0.39 is 5.54 Å². The highest BCUT2D eigenvalue weighted by Crippen LogP contribution is 2.28. The molecule has 1 N–H and O–H groups in total. The average Bonchev–Trinajstić information content (AvgIpc) is 2.50. The molecule has 0 spiro atoms. The van der Waals surface area contributed by atoms with Crippen LogP contribution in [0.25, 0.3) is 0 Å². The molecule has 7 nitrogen and oxygen atoms in total. The van der Waals surface area contributed by atoms with Crippen molar-refractivity contribution in [2.45, 2.75) is 31.7 Å². The molecule has 0 saturated heterocycles. The second kappa shape index (κ2) is 6.55. The maximum Gasteiger partial charge on any atom is 0.305 e. The summed E-state index contributed by atoms with van der Waals surface area (Å²) < 4.78 is 4.54. The highest BCUT2D eigenvalue weighted by molar-refractivity contribution is 6.09. The van der Waals surface area contributed by atoms with Crippen LogP contribution < -0.4 is 5.32 Å². The van der Waals surface area contributed by atoms with Crippen LogP contribution in [-0.2, 0) is 19.1 Å². The number of carbonyl (C=O) groups excluding carboxylic acids is 3. The average molecular weight is 305 g/mol. The zero-order valence-electron chi connectivity index (χ0n) is 12.7. The fourth-order valence-electron chi connectivity index (χ4n) is 2.41. The normalized spacial score (nSPS) is 22.9. The zero-order chi connectivity index (χ0) is 16.2. The molecule has 0 aromatic carbocycles. The molecule has 0 aromatic heterocycles. The third-order valence-electron chi connectivity index (χ3n) is 3.66. The third-order valence-corrected chi connectivity index (χ3v) is 3.66. The SMILES string of the molecule is COC(=O)CCCNC(=O)C1(C)CC(=O)N=C2C=CC=CN21. The van der Waals surface area contributed by atoms with E-state index >= 15 is 0 Å². The summed E-state index contributed by atoms with van der Waals surface area (Å²) in [4.78, 5) is 41.0. The smallest absolute Gasteiger partial charge is 0.305 e. The number of nitrogens with one attached hydrogen (secondary N) is 1. The van der Waals surface area contributed by atoms with Crippen molar-refractivity contribution in [2.75, 3.05) is 13.7 Å². The fraction of sp³-hybridized carbons (Fsp3) is 0.467. The van der Waals surface area contributed by atoms with Gasteiger partial charge in [0, 0.05) is 19.2 Å². The zero-order valence-corrected chi connectivity index (χ0v) is 12.7. The van der Waals surface area contributed by atoms with Crippen molar-refractivity contribution in [1.29, 1.82) is 0 Å². The molecule has 2 aliphatic rings. The number of allylic oxidation sites excluding steroid dienone is 2. The number of hydrogen-bond donors (Lipinski definition) is 1. The van der Waals surface area contributed by atoms with E-state index in [0.29, 0.717) is 18.8 Å². The maximum atomic E-state index is 12.5. The predicted molar refractivity (Wildman–Crippen MR) is 79.8 cm³/mol. The Labute approximate surface area is 128 Å². The van der Waals surface area contributed by atoms with Gasteiger partial charge in [-0.2, -0.15) is 4.99 Å². The second-order valence-corrected chi connectivity index (χ2v) is 5.32. The molecule has 0 aliphatic carbocycles. The first-order valence-electron chi connectivity index (χ1n) is 7.08. The van der Waals surface area contributed by atoms with Gasteiger partial charge in [-0.25, -0.2) is 0 Å². The molecule has 0 bridgehead atoms. The Hall–Kier alpha value is -2.44. The molecule has 118 valence electrons. The van der Waals surface area contributed by atoms with E-state index in [9.17, 15) is 14.4 Å². The summed E-state index contributed by atoms with van der Waals surface area (Å²) in [6.07, 6.45) is 7.72. The van der Waals surface area contributed by atoms with Gasteiger partial charge in [-0.3, -0.25) is 14.4 Å². The summed E-state index contributed by atoms with van der Waals surface area (Å²) in [7, 11) is 1.33. The van der Waals surface area contributed by atoms with Crippen LogP contribution in [0.4, 0.5) is 0 Å². The molecule has 2 heterocycles. The highest BCUT2D eigenvalue weighted by atomic mass is 16.5. The summed E-state index contributed by atoms with van der Waals surface area (Å²) in [5.74, 6) is -0.436. The molecule has 0 aromatic rings. The largest absolute Gasteiger partial charge is 0.469 e. The molecule has 0 saturated carbocycles. The van der Waals surface area contributed by atoms with Crippen molar-refractivity contribution in [2.24, 2.45) is 4.99 Å². The van der Waals surface area contributed by atoms with Crippen molar-refractivity contribution in [3.05, 3.63) is 24.4 Å². The minimum absolute atomic E-state index is 0.0114. The van der Waals surface area contributed by atoms with Crippen LogP contribution in [0.3, 0.4) is 0 Å². The first kappa shape index (κ1) is 15.9.